The molecule has 1 aliphatic rings. The molecular formula is C22H26N4O2S. The number of fused-ring (bicyclic) bond motifs is 1. The number of rotatable bonds is 6. The highest BCUT2D eigenvalue weighted by atomic mass is 32.2. The second-order valence-electron chi connectivity index (χ2n) is 7.48. The Morgan fingerprint density at radius 2 is 2.10 bits per heavy atom. The van der Waals surface area contributed by atoms with Gasteiger partial charge in [0.05, 0.1) is 22.2 Å². The Morgan fingerprint density at radius 1 is 1.41 bits per heavy atom. The Kier molecular flexibility index (Phi) is 6.43. The Balaban J connectivity index is 1.90. The summed E-state index contributed by atoms with van der Waals surface area (Å²) in [4.78, 5) is 32.3. The molecule has 0 spiro atoms. The minimum atomic E-state index is -0.734. The highest BCUT2D eigenvalue weighted by Crippen LogP contribution is 2.34. The minimum absolute atomic E-state index is 0.119. The van der Waals surface area contributed by atoms with Crippen molar-refractivity contribution in [1.29, 1.82) is 5.26 Å². The summed E-state index contributed by atoms with van der Waals surface area (Å²) in [5, 5.41) is 10.3. The quantitative estimate of drug-likeness (QED) is 0.412. The lowest BCUT2D eigenvalue weighted by atomic mass is 9.81. The lowest BCUT2D eigenvalue weighted by Gasteiger charge is -2.40. The first-order valence-electron chi connectivity index (χ1n) is 9.89. The standard InChI is InChI=1S/C22H26N4O2S/c1-4-14-26-20(28)17-10-6-7-11-18(17)24-21(26)29-16(2)19(27)25(3)22(15-23)12-8-5-9-13-22/h4,6-7,10-11,16H,1,5,8-9,12-14H2,2-3H3/t16-/m0/s1. The van der Waals surface area contributed by atoms with E-state index in [-0.39, 0.29) is 11.5 Å². The molecule has 3 rings (SSSR count). The van der Waals surface area contributed by atoms with E-state index in [1.165, 1.54) is 11.8 Å². The molecule has 1 heterocycles. The first-order valence-corrected chi connectivity index (χ1v) is 10.8. The molecule has 0 N–H and O–H groups in total. The highest BCUT2D eigenvalue weighted by molar-refractivity contribution is 8.00. The number of benzene rings is 1. The van der Waals surface area contributed by atoms with Crippen molar-refractivity contribution in [3.8, 4) is 6.07 Å². The molecule has 2 aromatic rings. The second-order valence-corrected chi connectivity index (χ2v) is 8.79. The molecule has 6 nitrogen and oxygen atoms in total. The Morgan fingerprint density at radius 3 is 2.76 bits per heavy atom. The average Bonchev–Trinajstić information content (AvgIpc) is 2.75. The predicted octanol–water partition coefficient (Wildman–Crippen LogP) is 3.75. The first kappa shape index (κ1) is 21.1. The summed E-state index contributed by atoms with van der Waals surface area (Å²) in [6, 6.07) is 9.59. The van der Waals surface area contributed by atoms with E-state index in [2.05, 4.69) is 17.6 Å². The van der Waals surface area contributed by atoms with Crippen LogP contribution in [0.3, 0.4) is 0 Å². The van der Waals surface area contributed by atoms with Crippen LogP contribution >= 0.6 is 11.8 Å². The zero-order valence-corrected chi connectivity index (χ0v) is 17.7. The largest absolute Gasteiger partial charge is 0.326 e. The molecule has 0 saturated heterocycles. The van der Waals surface area contributed by atoms with Crippen LogP contribution in [0.2, 0.25) is 0 Å². The van der Waals surface area contributed by atoms with Gasteiger partial charge in [-0.25, -0.2) is 4.98 Å². The fourth-order valence-corrected chi connectivity index (χ4v) is 4.89. The van der Waals surface area contributed by atoms with Gasteiger partial charge in [0, 0.05) is 13.6 Å². The van der Waals surface area contributed by atoms with Gasteiger partial charge in [-0.05, 0) is 31.9 Å². The maximum absolute atomic E-state index is 13.1. The predicted molar refractivity (Wildman–Crippen MR) is 116 cm³/mol. The van der Waals surface area contributed by atoms with E-state index in [4.69, 9.17) is 0 Å². The van der Waals surface area contributed by atoms with Gasteiger partial charge in [-0.15, -0.1) is 6.58 Å². The van der Waals surface area contributed by atoms with Crippen molar-refractivity contribution in [3.63, 3.8) is 0 Å². The molecule has 1 aromatic carbocycles. The third kappa shape index (κ3) is 4.08. The summed E-state index contributed by atoms with van der Waals surface area (Å²) in [6.07, 6.45) is 6.07. The minimum Gasteiger partial charge on any atom is -0.326 e. The van der Waals surface area contributed by atoms with Crippen LogP contribution in [-0.2, 0) is 11.3 Å². The van der Waals surface area contributed by atoms with Crippen molar-refractivity contribution in [1.82, 2.24) is 14.5 Å². The summed E-state index contributed by atoms with van der Waals surface area (Å²) in [5.41, 5.74) is -0.275. The van der Waals surface area contributed by atoms with E-state index in [0.717, 1.165) is 19.3 Å². The average molecular weight is 411 g/mol. The third-order valence-corrected chi connectivity index (χ3v) is 6.71. The van der Waals surface area contributed by atoms with Crippen LogP contribution < -0.4 is 5.56 Å². The fraction of sp³-hybridized carbons (Fsp3) is 0.455. The number of aromatic nitrogens is 2. The van der Waals surface area contributed by atoms with Gasteiger partial charge >= 0.3 is 0 Å². The molecule has 0 aliphatic heterocycles. The van der Waals surface area contributed by atoms with Gasteiger partial charge in [-0.3, -0.25) is 14.2 Å². The van der Waals surface area contributed by atoms with Gasteiger partial charge in [0.15, 0.2) is 5.16 Å². The lowest BCUT2D eigenvalue weighted by molar-refractivity contribution is -0.133. The summed E-state index contributed by atoms with van der Waals surface area (Å²) >= 11 is 1.25. The maximum Gasteiger partial charge on any atom is 0.262 e. The molecule has 1 amide bonds. The van der Waals surface area contributed by atoms with E-state index >= 15 is 0 Å². The van der Waals surface area contributed by atoms with Crippen LogP contribution in [0.4, 0.5) is 0 Å². The molecule has 152 valence electrons. The van der Waals surface area contributed by atoms with Crippen molar-refractivity contribution in [2.45, 2.75) is 61.5 Å². The molecular weight excluding hydrogens is 384 g/mol. The van der Waals surface area contributed by atoms with Gasteiger partial charge in [-0.1, -0.05) is 49.2 Å². The molecule has 1 aromatic heterocycles. The van der Waals surface area contributed by atoms with Gasteiger partial charge in [0.2, 0.25) is 5.91 Å². The number of carbonyl (C=O) groups excluding carboxylic acids is 1. The highest BCUT2D eigenvalue weighted by Gasteiger charge is 2.40. The number of nitriles is 1. The Labute approximate surface area is 175 Å². The fourth-order valence-electron chi connectivity index (χ4n) is 3.88. The monoisotopic (exact) mass is 410 g/mol. The third-order valence-electron chi connectivity index (χ3n) is 5.63. The van der Waals surface area contributed by atoms with Crippen LogP contribution in [0.1, 0.15) is 39.0 Å². The van der Waals surface area contributed by atoms with Crippen LogP contribution in [0, 0.1) is 11.3 Å². The van der Waals surface area contributed by atoms with Crippen LogP contribution in [0.15, 0.2) is 46.9 Å². The van der Waals surface area contributed by atoms with Crippen molar-refractivity contribution in [2.75, 3.05) is 7.05 Å². The molecule has 1 fully saturated rings. The Bertz CT molecular complexity index is 1020. The summed E-state index contributed by atoms with van der Waals surface area (Å²) in [5.74, 6) is -0.119. The summed E-state index contributed by atoms with van der Waals surface area (Å²) in [6.45, 7) is 5.85. The molecule has 0 radical (unpaired) electrons. The summed E-state index contributed by atoms with van der Waals surface area (Å²) < 4.78 is 1.55. The number of para-hydroxylation sites is 1. The SMILES string of the molecule is C=CCn1c(S[C@@H](C)C(=O)N(C)C2(C#N)CCCCC2)nc2ccccc2c1=O. The number of carbonyl (C=O) groups is 1. The number of thioether (sulfide) groups is 1. The molecule has 0 bridgehead atoms. The lowest BCUT2D eigenvalue weighted by Crippen LogP contribution is -2.52. The normalized spacial score (nSPS) is 16.7. The molecule has 7 heteroatoms. The van der Waals surface area contributed by atoms with Crippen molar-refractivity contribution < 1.29 is 4.79 Å². The molecule has 1 aliphatic carbocycles. The number of hydrogen-bond acceptors (Lipinski definition) is 5. The zero-order valence-electron chi connectivity index (χ0n) is 16.9. The van der Waals surface area contributed by atoms with E-state index in [1.807, 2.05) is 12.1 Å². The topological polar surface area (TPSA) is 79.0 Å². The van der Waals surface area contributed by atoms with Crippen LogP contribution in [0.25, 0.3) is 10.9 Å². The van der Waals surface area contributed by atoms with Crippen molar-refractivity contribution >= 4 is 28.6 Å². The maximum atomic E-state index is 13.1. The number of allylic oxidation sites excluding steroid dienone is 1. The van der Waals surface area contributed by atoms with Gasteiger partial charge < -0.3 is 4.90 Å². The van der Waals surface area contributed by atoms with Crippen LogP contribution in [-0.4, -0.2) is 38.2 Å². The molecule has 0 unspecified atom stereocenters. The van der Waals surface area contributed by atoms with Gasteiger partial charge in [0.1, 0.15) is 5.54 Å². The molecule has 29 heavy (non-hydrogen) atoms. The Hall–Kier alpha value is -2.59. The number of nitrogens with zero attached hydrogens (tertiary/aromatic N) is 4. The van der Waals surface area contributed by atoms with E-state index in [1.54, 1.807) is 41.6 Å². The smallest absolute Gasteiger partial charge is 0.262 e. The summed E-state index contributed by atoms with van der Waals surface area (Å²) in [7, 11) is 1.72. The van der Waals surface area contributed by atoms with Gasteiger partial charge in [-0.2, -0.15) is 5.26 Å². The number of amides is 1. The van der Waals surface area contributed by atoms with E-state index < -0.39 is 10.8 Å². The van der Waals surface area contributed by atoms with Crippen LogP contribution in [0.5, 0.6) is 0 Å². The molecule has 1 saturated carbocycles. The molecule has 1 atom stereocenters. The van der Waals surface area contributed by atoms with Gasteiger partial charge in [0.25, 0.3) is 5.56 Å². The van der Waals surface area contributed by atoms with E-state index in [0.29, 0.717) is 35.4 Å². The van der Waals surface area contributed by atoms with Crippen molar-refractivity contribution in [2.24, 2.45) is 0 Å². The number of hydrogen-bond donors (Lipinski definition) is 0. The second kappa shape index (κ2) is 8.83. The zero-order chi connectivity index (χ0) is 21.0. The van der Waals surface area contributed by atoms with Crippen molar-refractivity contribution in [3.05, 3.63) is 47.3 Å². The first-order chi connectivity index (χ1) is 13.9. The van der Waals surface area contributed by atoms with E-state index in [9.17, 15) is 14.9 Å².